The van der Waals surface area contributed by atoms with Crippen molar-refractivity contribution < 1.29 is 14.6 Å². The molecule has 0 aliphatic heterocycles. The first kappa shape index (κ1) is 17.7. The van der Waals surface area contributed by atoms with Crippen LogP contribution in [0.5, 0.6) is 0 Å². The van der Waals surface area contributed by atoms with Crippen LogP contribution < -0.4 is 17.0 Å². The van der Waals surface area contributed by atoms with Gasteiger partial charge >= 0.3 is 5.97 Å². The Bertz CT molecular complexity index is 728. The topological polar surface area (TPSA) is 111 Å². The van der Waals surface area contributed by atoms with E-state index in [-0.39, 0.29) is 12.5 Å². The van der Waals surface area contributed by atoms with Gasteiger partial charge in [-0.25, -0.2) is 10.6 Å². The third-order valence-corrected chi connectivity index (χ3v) is 4.11. The van der Waals surface area contributed by atoms with Gasteiger partial charge in [-0.15, -0.1) is 11.8 Å². The third kappa shape index (κ3) is 4.43. The molecule has 0 unspecified atom stereocenters. The molecule has 0 atom stereocenters. The minimum atomic E-state index is -1.30. The number of carbonyl (C=O) groups is 1. The van der Waals surface area contributed by atoms with E-state index < -0.39 is 11.7 Å². The van der Waals surface area contributed by atoms with Crippen LogP contribution in [0, 0.1) is 0 Å². The van der Waals surface area contributed by atoms with Crippen LogP contribution in [0.2, 0.25) is 0 Å². The standard InChI is InChI=1S/C17H19N3O3S/c1-24-14-8-6-13(7-9-14)12-4-2-11(3-5-12)10-23-16(20-19)15(18)17(21)22/h2-9,20H,10,18-19H2,1H3,(H,21,22)/b16-15+. The molecular formula is C17H19N3O3S. The smallest absolute Gasteiger partial charge is 0.357 e. The number of thioether (sulfide) groups is 1. The molecule has 2 aromatic carbocycles. The Morgan fingerprint density at radius 2 is 1.67 bits per heavy atom. The molecular weight excluding hydrogens is 326 g/mol. The Labute approximate surface area is 144 Å². The van der Waals surface area contributed by atoms with Crippen molar-refractivity contribution in [2.45, 2.75) is 11.5 Å². The van der Waals surface area contributed by atoms with Crippen LogP contribution in [0.3, 0.4) is 0 Å². The van der Waals surface area contributed by atoms with Crippen molar-refractivity contribution >= 4 is 17.7 Å². The maximum absolute atomic E-state index is 10.8. The first-order chi connectivity index (χ1) is 11.5. The van der Waals surface area contributed by atoms with Crippen LogP contribution in [0.4, 0.5) is 0 Å². The summed E-state index contributed by atoms with van der Waals surface area (Å²) in [6.07, 6.45) is 2.04. The van der Waals surface area contributed by atoms with Crippen LogP contribution in [-0.2, 0) is 16.1 Å². The molecule has 0 spiro atoms. The fourth-order valence-electron chi connectivity index (χ4n) is 2.03. The molecule has 6 nitrogen and oxygen atoms in total. The highest BCUT2D eigenvalue weighted by Gasteiger charge is 2.11. The van der Waals surface area contributed by atoms with Crippen LogP contribution in [0.1, 0.15) is 5.56 Å². The summed E-state index contributed by atoms with van der Waals surface area (Å²) in [6.45, 7) is 0.152. The summed E-state index contributed by atoms with van der Waals surface area (Å²) in [7, 11) is 0. The largest absolute Gasteiger partial charge is 0.476 e. The molecule has 0 saturated heterocycles. The fourth-order valence-corrected chi connectivity index (χ4v) is 2.43. The molecule has 0 radical (unpaired) electrons. The van der Waals surface area contributed by atoms with E-state index in [0.29, 0.717) is 0 Å². The maximum atomic E-state index is 10.8. The summed E-state index contributed by atoms with van der Waals surface area (Å²) in [5.41, 5.74) is 10.1. The van der Waals surface area contributed by atoms with Crippen LogP contribution in [-0.4, -0.2) is 17.3 Å². The van der Waals surface area contributed by atoms with Gasteiger partial charge in [0, 0.05) is 4.90 Å². The number of hydrogen-bond acceptors (Lipinski definition) is 6. The fraction of sp³-hybridized carbons (Fsp3) is 0.118. The molecule has 0 amide bonds. The Morgan fingerprint density at radius 3 is 2.12 bits per heavy atom. The molecule has 0 aliphatic carbocycles. The van der Waals surface area contributed by atoms with Crippen LogP contribution in [0.15, 0.2) is 65.0 Å². The number of hydrazine groups is 1. The third-order valence-electron chi connectivity index (χ3n) is 3.37. The minimum absolute atomic E-state index is 0.152. The van der Waals surface area contributed by atoms with E-state index in [0.717, 1.165) is 16.7 Å². The maximum Gasteiger partial charge on any atom is 0.357 e. The van der Waals surface area contributed by atoms with Gasteiger partial charge in [0.1, 0.15) is 6.61 Å². The number of benzene rings is 2. The monoisotopic (exact) mass is 345 g/mol. The number of hydrogen-bond donors (Lipinski definition) is 4. The van der Waals surface area contributed by atoms with Crippen molar-refractivity contribution in [1.82, 2.24) is 5.43 Å². The molecule has 2 aromatic rings. The number of aliphatic carboxylic acids is 1. The number of carboxylic acid groups (broad SMARTS) is 1. The molecule has 0 bridgehead atoms. The van der Waals surface area contributed by atoms with Crippen LogP contribution in [0.25, 0.3) is 11.1 Å². The number of rotatable bonds is 7. The molecule has 0 heterocycles. The van der Waals surface area contributed by atoms with Crippen molar-refractivity contribution in [3.63, 3.8) is 0 Å². The SMILES string of the molecule is CSc1ccc(-c2ccc(CO/C(NN)=C(/N)C(=O)O)cc2)cc1. The normalized spacial score (nSPS) is 11.6. The lowest BCUT2D eigenvalue weighted by Crippen LogP contribution is -2.29. The molecule has 0 saturated carbocycles. The lowest BCUT2D eigenvalue weighted by Gasteiger charge is -2.11. The lowest BCUT2D eigenvalue weighted by atomic mass is 10.0. The number of nitrogens with one attached hydrogen (secondary N) is 1. The Hall–Kier alpha value is -2.64. The molecule has 0 fully saturated rings. The van der Waals surface area contributed by atoms with E-state index >= 15 is 0 Å². The highest BCUT2D eigenvalue weighted by molar-refractivity contribution is 7.98. The molecule has 6 N–H and O–H groups in total. The van der Waals surface area contributed by atoms with Gasteiger partial charge in [-0.3, -0.25) is 5.43 Å². The second-order valence-corrected chi connectivity index (χ2v) is 5.79. The first-order valence-corrected chi connectivity index (χ1v) is 8.33. The zero-order chi connectivity index (χ0) is 17.5. The van der Waals surface area contributed by atoms with E-state index in [2.05, 4.69) is 29.7 Å². The van der Waals surface area contributed by atoms with Gasteiger partial charge < -0.3 is 15.6 Å². The molecule has 0 aromatic heterocycles. The average molecular weight is 345 g/mol. The van der Waals surface area contributed by atoms with Gasteiger partial charge in [0.25, 0.3) is 0 Å². The van der Waals surface area contributed by atoms with Gasteiger partial charge in [0.2, 0.25) is 5.88 Å². The van der Waals surface area contributed by atoms with Crippen molar-refractivity contribution in [2.24, 2.45) is 11.6 Å². The zero-order valence-corrected chi connectivity index (χ0v) is 14.0. The summed E-state index contributed by atoms with van der Waals surface area (Å²) < 4.78 is 5.31. The van der Waals surface area contributed by atoms with Crippen molar-refractivity contribution in [2.75, 3.05) is 6.26 Å². The zero-order valence-electron chi connectivity index (χ0n) is 13.2. The van der Waals surface area contributed by atoms with Crippen LogP contribution >= 0.6 is 11.8 Å². The van der Waals surface area contributed by atoms with Crippen molar-refractivity contribution in [3.8, 4) is 11.1 Å². The highest BCUT2D eigenvalue weighted by Crippen LogP contribution is 2.23. The molecule has 126 valence electrons. The van der Waals surface area contributed by atoms with Crippen molar-refractivity contribution in [3.05, 3.63) is 65.7 Å². The summed E-state index contributed by atoms with van der Waals surface area (Å²) in [6, 6.07) is 16.1. The summed E-state index contributed by atoms with van der Waals surface area (Å²) in [4.78, 5) is 12.0. The lowest BCUT2D eigenvalue weighted by molar-refractivity contribution is -0.133. The van der Waals surface area contributed by atoms with Gasteiger partial charge in [0.05, 0.1) is 0 Å². The quantitative estimate of drug-likeness (QED) is 0.200. The average Bonchev–Trinajstić information content (AvgIpc) is 2.62. The number of ether oxygens (including phenoxy) is 1. The van der Waals surface area contributed by atoms with Gasteiger partial charge in [-0.1, -0.05) is 36.4 Å². The molecule has 2 rings (SSSR count). The van der Waals surface area contributed by atoms with E-state index in [9.17, 15) is 4.79 Å². The van der Waals surface area contributed by atoms with Gasteiger partial charge in [-0.2, -0.15) is 0 Å². The minimum Gasteiger partial charge on any atom is -0.476 e. The van der Waals surface area contributed by atoms with E-state index in [1.54, 1.807) is 11.8 Å². The Balaban J connectivity index is 2.06. The summed E-state index contributed by atoms with van der Waals surface area (Å²) >= 11 is 1.70. The summed E-state index contributed by atoms with van der Waals surface area (Å²) in [5.74, 6) is 3.75. The second-order valence-electron chi connectivity index (χ2n) is 4.91. The number of nitrogens with two attached hydrogens (primary N) is 2. The second kappa shape index (κ2) is 8.28. The number of carboxylic acids is 1. The summed E-state index contributed by atoms with van der Waals surface area (Å²) in [5, 5.41) is 8.82. The highest BCUT2D eigenvalue weighted by atomic mass is 32.2. The Kier molecular flexibility index (Phi) is 6.11. The predicted molar refractivity (Wildman–Crippen MR) is 94.6 cm³/mol. The van der Waals surface area contributed by atoms with Gasteiger partial charge in [0.15, 0.2) is 5.70 Å². The molecule has 7 heteroatoms. The van der Waals surface area contributed by atoms with E-state index in [4.69, 9.17) is 21.4 Å². The van der Waals surface area contributed by atoms with E-state index in [1.165, 1.54) is 4.90 Å². The molecule has 0 aliphatic rings. The first-order valence-electron chi connectivity index (χ1n) is 7.11. The van der Waals surface area contributed by atoms with Gasteiger partial charge in [-0.05, 0) is 35.1 Å². The predicted octanol–water partition coefficient (Wildman–Crippen LogP) is 2.27. The van der Waals surface area contributed by atoms with E-state index in [1.807, 2.05) is 30.5 Å². The van der Waals surface area contributed by atoms with Crippen molar-refractivity contribution in [1.29, 1.82) is 0 Å². The molecule has 24 heavy (non-hydrogen) atoms. The Morgan fingerprint density at radius 1 is 1.12 bits per heavy atom.